The standard InChI is InChI=1S/C36H27N3O4S/c40-32-17-14-25(21-29(32)36(42)43)34-30(35(41)39(37-34)27-11-5-2-6-12-27)22-28-15-18-33(44-28)24-13-16-31-23(20-24)8-7-19-38(31)26-9-3-1-4-10-26/h1-6,9-18,20-22,40H,7-8,19H2,(H,42,43). The van der Waals surface area contributed by atoms with Crippen LogP contribution in [0.2, 0.25) is 0 Å². The molecule has 0 atom stereocenters. The number of thiophene rings is 1. The first-order valence-electron chi connectivity index (χ1n) is 14.3. The first-order chi connectivity index (χ1) is 21.5. The van der Waals surface area contributed by atoms with Crippen LogP contribution in [0, 0.1) is 0 Å². The van der Waals surface area contributed by atoms with Gasteiger partial charge in [0.2, 0.25) is 0 Å². The van der Waals surface area contributed by atoms with Gasteiger partial charge in [0.25, 0.3) is 5.91 Å². The number of phenols is 1. The Hall–Kier alpha value is -5.47. The summed E-state index contributed by atoms with van der Waals surface area (Å²) >= 11 is 1.58. The third kappa shape index (κ3) is 5.05. The lowest BCUT2D eigenvalue weighted by atomic mass is 9.98. The lowest BCUT2D eigenvalue weighted by Gasteiger charge is -2.31. The Kier molecular flexibility index (Phi) is 7.04. The number of hydrogen-bond acceptors (Lipinski definition) is 6. The fraction of sp³-hybridized carbons (Fsp3) is 0.0833. The van der Waals surface area contributed by atoms with Gasteiger partial charge in [-0.2, -0.15) is 10.1 Å². The second-order valence-electron chi connectivity index (χ2n) is 10.6. The molecule has 216 valence electrons. The summed E-state index contributed by atoms with van der Waals surface area (Å²) in [5.74, 6) is -1.93. The van der Waals surface area contributed by atoms with E-state index < -0.39 is 5.97 Å². The number of anilines is 3. The lowest BCUT2D eigenvalue weighted by molar-refractivity contribution is -0.114. The molecular weight excluding hydrogens is 570 g/mol. The first kappa shape index (κ1) is 27.4. The lowest BCUT2D eigenvalue weighted by Crippen LogP contribution is -2.24. The van der Waals surface area contributed by atoms with Gasteiger partial charge in [-0.25, -0.2) is 4.79 Å². The topological polar surface area (TPSA) is 93.4 Å². The summed E-state index contributed by atoms with van der Waals surface area (Å²) in [5, 5.41) is 25.6. The molecule has 0 radical (unpaired) electrons. The van der Waals surface area contributed by atoms with E-state index in [-0.39, 0.29) is 17.2 Å². The van der Waals surface area contributed by atoms with Crippen LogP contribution >= 0.6 is 11.3 Å². The molecule has 4 aromatic carbocycles. The zero-order valence-electron chi connectivity index (χ0n) is 23.6. The van der Waals surface area contributed by atoms with Crippen molar-refractivity contribution in [1.29, 1.82) is 0 Å². The third-order valence-electron chi connectivity index (χ3n) is 7.84. The molecule has 0 aliphatic carbocycles. The van der Waals surface area contributed by atoms with Gasteiger partial charge in [-0.1, -0.05) is 42.5 Å². The summed E-state index contributed by atoms with van der Waals surface area (Å²) in [5.41, 5.74) is 6.30. The molecule has 0 fully saturated rings. The van der Waals surface area contributed by atoms with Crippen molar-refractivity contribution in [1.82, 2.24) is 0 Å². The molecule has 5 aromatic rings. The number of aromatic carboxylic acids is 1. The summed E-state index contributed by atoms with van der Waals surface area (Å²) in [7, 11) is 0. The number of benzene rings is 4. The van der Waals surface area contributed by atoms with Crippen molar-refractivity contribution in [2.45, 2.75) is 12.8 Å². The highest BCUT2D eigenvalue weighted by Gasteiger charge is 2.33. The van der Waals surface area contributed by atoms with Crippen molar-refractivity contribution < 1.29 is 19.8 Å². The first-order valence-corrected chi connectivity index (χ1v) is 15.1. The molecule has 44 heavy (non-hydrogen) atoms. The predicted molar refractivity (Wildman–Crippen MR) is 175 cm³/mol. The molecule has 1 amide bonds. The zero-order chi connectivity index (χ0) is 30.2. The van der Waals surface area contributed by atoms with E-state index in [1.807, 2.05) is 30.3 Å². The number of hydrogen-bond donors (Lipinski definition) is 2. The van der Waals surface area contributed by atoms with Gasteiger partial charge in [0.1, 0.15) is 17.0 Å². The number of rotatable bonds is 6. The van der Waals surface area contributed by atoms with Gasteiger partial charge < -0.3 is 15.1 Å². The minimum absolute atomic E-state index is 0.258. The monoisotopic (exact) mass is 597 g/mol. The van der Waals surface area contributed by atoms with Gasteiger partial charge in [-0.3, -0.25) is 4.79 Å². The largest absolute Gasteiger partial charge is 0.507 e. The quantitative estimate of drug-likeness (QED) is 0.195. The second kappa shape index (κ2) is 11.3. The Morgan fingerprint density at radius 2 is 1.57 bits per heavy atom. The van der Waals surface area contributed by atoms with E-state index in [1.165, 1.54) is 34.1 Å². The molecule has 3 heterocycles. The highest BCUT2D eigenvalue weighted by atomic mass is 32.1. The number of carboxylic acids is 1. The minimum atomic E-state index is -1.26. The maximum Gasteiger partial charge on any atom is 0.339 e. The molecule has 0 unspecified atom stereocenters. The van der Waals surface area contributed by atoms with Crippen LogP contribution in [0.25, 0.3) is 16.5 Å². The van der Waals surface area contributed by atoms with Crippen molar-refractivity contribution in [3.63, 3.8) is 0 Å². The molecule has 0 saturated carbocycles. The van der Waals surface area contributed by atoms with Crippen LogP contribution in [0.3, 0.4) is 0 Å². The molecule has 2 aliphatic heterocycles. The maximum atomic E-state index is 13.7. The number of fused-ring (bicyclic) bond motifs is 1. The molecule has 0 bridgehead atoms. The average molecular weight is 598 g/mol. The Morgan fingerprint density at radius 3 is 2.32 bits per heavy atom. The number of aromatic hydroxyl groups is 1. The van der Waals surface area contributed by atoms with Gasteiger partial charge in [-0.05, 0) is 96.8 Å². The Labute approximate surface area is 258 Å². The van der Waals surface area contributed by atoms with E-state index in [4.69, 9.17) is 0 Å². The van der Waals surface area contributed by atoms with E-state index in [0.29, 0.717) is 22.5 Å². The predicted octanol–water partition coefficient (Wildman–Crippen LogP) is 7.74. The number of aryl methyl sites for hydroxylation is 1. The van der Waals surface area contributed by atoms with Gasteiger partial charge in [-0.15, -0.1) is 11.3 Å². The van der Waals surface area contributed by atoms with E-state index >= 15 is 0 Å². The number of carboxylic acid groups (broad SMARTS) is 1. The summed E-state index contributed by atoms with van der Waals surface area (Å²) < 4.78 is 0. The molecule has 8 heteroatoms. The highest BCUT2D eigenvalue weighted by Crippen LogP contribution is 2.38. The molecule has 7 rings (SSSR count). The number of para-hydroxylation sites is 2. The van der Waals surface area contributed by atoms with Crippen LogP contribution in [-0.4, -0.2) is 34.3 Å². The molecule has 7 nitrogen and oxygen atoms in total. The van der Waals surface area contributed by atoms with Crippen LogP contribution in [0.1, 0.15) is 32.8 Å². The van der Waals surface area contributed by atoms with Gasteiger partial charge in [0, 0.05) is 33.2 Å². The summed E-state index contributed by atoms with van der Waals surface area (Å²) in [6.45, 7) is 0.986. The van der Waals surface area contributed by atoms with Gasteiger partial charge in [0.05, 0.1) is 11.3 Å². The van der Waals surface area contributed by atoms with Crippen LogP contribution < -0.4 is 9.91 Å². The van der Waals surface area contributed by atoms with E-state index in [1.54, 1.807) is 35.6 Å². The summed E-state index contributed by atoms with van der Waals surface area (Å²) in [6, 6.07) is 34.4. The smallest absolute Gasteiger partial charge is 0.339 e. The van der Waals surface area contributed by atoms with Crippen LogP contribution in [0.5, 0.6) is 5.75 Å². The fourth-order valence-electron chi connectivity index (χ4n) is 5.71. The van der Waals surface area contributed by atoms with E-state index in [9.17, 15) is 19.8 Å². The van der Waals surface area contributed by atoms with Crippen molar-refractivity contribution in [2.24, 2.45) is 5.10 Å². The molecule has 2 N–H and O–H groups in total. The van der Waals surface area contributed by atoms with Crippen molar-refractivity contribution in [3.8, 4) is 16.2 Å². The van der Waals surface area contributed by atoms with Crippen molar-refractivity contribution in [2.75, 3.05) is 16.5 Å². The third-order valence-corrected chi connectivity index (χ3v) is 8.92. The minimum Gasteiger partial charge on any atom is -0.507 e. The highest BCUT2D eigenvalue weighted by molar-refractivity contribution is 7.16. The van der Waals surface area contributed by atoms with Gasteiger partial charge in [0.15, 0.2) is 0 Å². The molecular formula is C36H27N3O4S. The zero-order valence-corrected chi connectivity index (χ0v) is 24.4. The summed E-state index contributed by atoms with van der Waals surface area (Å²) in [4.78, 5) is 29.8. The Morgan fingerprint density at radius 1 is 0.841 bits per heavy atom. The number of carbonyl (C=O) groups excluding carboxylic acids is 1. The fourth-order valence-corrected chi connectivity index (χ4v) is 6.66. The normalized spacial score (nSPS) is 15.4. The number of carbonyl (C=O) groups is 2. The van der Waals surface area contributed by atoms with E-state index in [0.717, 1.165) is 34.7 Å². The number of amides is 1. The van der Waals surface area contributed by atoms with Crippen LogP contribution in [-0.2, 0) is 11.2 Å². The van der Waals surface area contributed by atoms with E-state index in [2.05, 4.69) is 58.5 Å². The SMILES string of the molecule is O=C(O)c1cc(C2=NN(c3ccccc3)C(=O)C2=Cc2ccc(-c3ccc4c(c3)CCCN4c3ccccc3)s2)ccc1O. The van der Waals surface area contributed by atoms with Crippen molar-refractivity contribution in [3.05, 3.63) is 136 Å². The van der Waals surface area contributed by atoms with Crippen LogP contribution in [0.4, 0.5) is 17.1 Å². The van der Waals surface area contributed by atoms with Crippen LogP contribution in [0.15, 0.2) is 120 Å². The molecule has 1 aromatic heterocycles. The summed E-state index contributed by atoms with van der Waals surface area (Å²) in [6.07, 6.45) is 3.90. The average Bonchev–Trinajstić information content (AvgIpc) is 3.66. The van der Waals surface area contributed by atoms with Crippen molar-refractivity contribution >= 4 is 52.1 Å². The van der Waals surface area contributed by atoms with Gasteiger partial charge >= 0.3 is 5.97 Å². The second-order valence-corrected chi connectivity index (χ2v) is 11.7. The Balaban J connectivity index is 1.24. The Bertz CT molecular complexity index is 1960. The number of nitrogens with zero attached hydrogens (tertiary/aromatic N) is 3. The molecule has 2 aliphatic rings. The maximum absolute atomic E-state index is 13.7. The molecule has 0 saturated heterocycles. The molecule has 0 spiro atoms. The number of hydrazone groups is 1.